The number of thiazole rings is 1. The van der Waals surface area contributed by atoms with Crippen molar-refractivity contribution in [2.24, 2.45) is 0 Å². The highest BCUT2D eigenvalue weighted by Gasteiger charge is 2.17. The van der Waals surface area contributed by atoms with Gasteiger partial charge in [0.05, 0.1) is 22.3 Å². The number of carboxylic acid groups (broad SMARTS) is 1. The fourth-order valence-corrected chi connectivity index (χ4v) is 4.77. The molecular formula is C27H27Cl2FN2O4S. The van der Waals surface area contributed by atoms with Crippen LogP contribution < -0.4 is 10.1 Å². The van der Waals surface area contributed by atoms with Crippen molar-refractivity contribution in [2.45, 2.75) is 46.0 Å². The maximum atomic E-state index is 15.1. The minimum atomic E-state index is -1.11. The molecule has 0 radical (unpaired) electrons. The third kappa shape index (κ3) is 7.77. The van der Waals surface area contributed by atoms with Crippen molar-refractivity contribution in [2.75, 3.05) is 11.9 Å². The van der Waals surface area contributed by atoms with Gasteiger partial charge >= 0.3 is 5.97 Å². The fourth-order valence-electron chi connectivity index (χ4n) is 3.46. The number of aromatic nitrogens is 1. The maximum absolute atomic E-state index is 15.1. The number of carbonyl (C=O) groups excluding carboxylic acids is 1. The topological polar surface area (TPSA) is 88.5 Å². The van der Waals surface area contributed by atoms with E-state index in [0.717, 1.165) is 37.0 Å². The highest BCUT2D eigenvalue weighted by Crippen LogP contribution is 2.33. The number of carboxylic acids is 1. The minimum Gasteiger partial charge on any atom is -0.490 e. The van der Waals surface area contributed by atoms with Gasteiger partial charge in [0.1, 0.15) is 0 Å². The van der Waals surface area contributed by atoms with Gasteiger partial charge in [-0.25, -0.2) is 14.2 Å². The molecule has 0 aliphatic carbocycles. The van der Waals surface area contributed by atoms with Gasteiger partial charge < -0.3 is 9.84 Å². The number of nitrogens with zero attached hydrogens (tertiary/aromatic N) is 1. The lowest BCUT2D eigenvalue weighted by molar-refractivity contribution is -0.132. The van der Waals surface area contributed by atoms with Crippen molar-refractivity contribution in [3.8, 4) is 17.0 Å². The summed E-state index contributed by atoms with van der Waals surface area (Å²) in [4.78, 5) is 28.2. The van der Waals surface area contributed by atoms with Crippen LogP contribution >= 0.6 is 34.5 Å². The molecule has 3 aromatic rings. The Kier molecular flexibility index (Phi) is 10.5. The lowest BCUT2D eigenvalue weighted by atomic mass is 10.1. The minimum absolute atomic E-state index is 0.0463. The van der Waals surface area contributed by atoms with Crippen LogP contribution in [-0.2, 0) is 4.79 Å². The van der Waals surface area contributed by atoms with Crippen LogP contribution in [0.2, 0.25) is 10.0 Å². The monoisotopic (exact) mass is 564 g/mol. The molecule has 6 nitrogen and oxygen atoms in total. The predicted octanol–water partition coefficient (Wildman–Crippen LogP) is 8.35. The summed E-state index contributed by atoms with van der Waals surface area (Å²) in [6, 6.07) is 7.68. The molecule has 0 atom stereocenters. The van der Waals surface area contributed by atoms with Gasteiger partial charge in [-0.05, 0) is 43.7 Å². The second kappa shape index (κ2) is 13.6. The van der Waals surface area contributed by atoms with E-state index in [-0.39, 0.29) is 37.6 Å². The molecule has 0 saturated heterocycles. The summed E-state index contributed by atoms with van der Waals surface area (Å²) < 4.78 is 20.7. The number of hydrogen-bond acceptors (Lipinski definition) is 5. The van der Waals surface area contributed by atoms with E-state index in [9.17, 15) is 9.59 Å². The number of rotatable bonds is 12. The molecule has 2 aromatic carbocycles. The van der Waals surface area contributed by atoms with Crippen molar-refractivity contribution < 1.29 is 23.8 Å². The van der Waals surface area contributed by atoms with Crippen molar-refractivity contribution in [3.63, 3.8) is 0 Å². The highest BCUT2D eigenvalue weighted by molar-refractivity contribution is 7.14. The molecule has 2 N–H and O–H groups in total. The Balaban J connectivity index is 1.70. The van der Waals surface area contributed by atoms with Crippen LogP contribution in [0.5, 0.6) is 5.75 Å². The molecule has 3 rings (SSSR count). The smallest absolute Gasteiger partial charge is 0.331 e. The zero-order valence-electron chi connectivity index (χ0n) is 20.4. The van der Waals surface area contributed by atoms with E-state index < -0.39 is 17.7 Å². The van der Waals surface area contributed by atoms with Gasteiger partial charge in [0.15, 0.2) is 16.7 Å². The summed E-state index contributed by atoms with van der Waals surface area (Å²) in [6.45, 7) is 4.01. The molecule has 1 heterocycles. The Bertz CT molecular complexity index is 1290. The number of halogens is 3. The number of amides is 1. The van der Waals surface area contributed by atoms with Gasteiger partial charge in [-0.2, -0.15) is 0 Å². The molecule has 37 heavy (non-hydrogen) atoms. The van der Waals surface area contributed by atoms with Crippen molar-refractivity contribution in [1.29, 1.82) is 0 Å². The Labute approximate surface area is 229 Å². The standard InChI is InChI=1S/C27H27Cl2FN2O4S/c1-3-4-5-6-7-11-36-23-10-8-9-18(24(23)30)22-15-37-27(31-22)32-25(33)17-13-20(28)19(21(29)14-17)12-16(2)26(34)35/h8-10,12-15H,3-7,11H2,1-2H3,(H,34,35)(H,31,32,33)/b16-12+. The summed E-state index contributed by atoms with van der Waals surface area (Å²) >= 11 is 13.6. The van der Waals surface area contributed by atoms with E-state index in [1.165, 1.54) is 31.6 Å². The van der Waals surface area contributed by atoms with Crippen LogP contribution in [0.4, 0.5) is 9.52 Å². The normalized spacial score (nSPS) is 11.4. The molecule has 0 bridgehead atoms. The summed E-state index contributed by atoms with van der Waals surface area (Å²) in [5.74, 6) is -1.96. The third-order valence-corrected chi connectivity index (χ3v) is 6.89. The summed E-state index contributed by atoms with van der Waals surface area (Å²) in [7, 11) is 0. The second-order valence-electron chi connectivity index (χ2n) is 8.36. The van der Waals surface area contributed by atoms with Crippen LogP contribution in [0.15, 0.2) is 41.3 Å². The van der Waals surface area contributed by atoms with Gasteiger partial charge in [0, 0.05) is 27.6 Å². The molecule has 1 aromatic heterocycles. The highest BCUT2D eigenvalue weighted by atomic mass is 35.5. The molecule has 0 aliphatic heterocycles. The third-order valence-electron chi connectivity index (χ3n) is 5.51. The average molecular weight is 565 g/mol. The van der Waals surface area contributed by atoms with Crippen LogP contribution in [0.25, 0.3) is 17.3 Å². The van der Waals surface area contributed by atoms with Gasteiger partial charge in [-0.3, -0.25) is 10.1 Å². The average Bonchev–Trinajstić information content (AvgIpc) is 3.32. The molecule has 0 unspecified atom stereocenters. The number of hydrogen-bond donors (Lipinski definition) is 2. The number of nitrogens with one attached hydrogen (secondary N) is 1. The first-order valence-electron chi connectivity index (χ1n) is 11.8. The van der Waals surface area contributed by atoms with Gasteiger partial charge in [0.2, 0.25) is 0 Å². The Morgan fingerprint density at radius 1 is 1.16 bits per heavy atom. The lowest BCUT2D eigenvalue weighted by Gasteiger charge is -2.09. The van der Waals surface area contributed by atoms with E-state index in [0.29, 0.717) is 17.9 Å². The molecule has 1 amide bonds. The first-order valence-corrected chi connectivity index (χ1v) is 13.4. The van der Waals surface area contributed by atoms with Gasteiger partial charge in [-0.1, -0.05) is 61.9 Å². The van der Waals surface area contributed by atoms with Crippen LogP contribution in [-0.4, -0.2) is 28.6 Å². The van der Waals surface area contributed by atoms with E-state index in [1.54, 1.807) is 23.6 Å². The van der Waals surface area contributed by atoms with E-state index in [1.807, 2.05) is 0 Å². The molecular weight excluding hydrogens is 538 g/mol. The van der Waals surface area contributed by atoms with Crippen molar-refractivity contribution >= 4 is 57.6 Å². The number of aliphatic carboxylic acids is 1. The van der Waals surface area contributed by atoms with Crippen LogP contribution in [0.3, 0.4) is 0 Å². The number of unbranched alkanes of at least 4 members (excludes halogenated alkanes) is 4. The van der Waals surface area contributed by atoms with E-state index in [4.69, 9.17) is 33.0 Å². The zero-order chi connectivity index (χ0) is 26.9. The lowest BCUT2D eigenvalue weighted by Crippen LogP contribution is -2.12. The number of carbonyl (C=O) groups is 2. The molecule has 0 aliphatic rings. The summed E-state index contributed by atoms with van der Waals surface area (Å²) in [6.07, 6.45) is 6.72. The molecule has 0 fully saturated rings. The Morgan fingerprint density at radius 3 is 2.54 bits per heavy atom. The van der Waals surface area contributed by atoms with Crippen molar-refractivity contribution in [3.05, 3.63) is 68.3 Å². The second-order valence-corrected chi connectivity index (χ2v) is 10.0. The fraction of sp³-hybridized carbons (Fsp3) is 0.296. The maximum Gasteiger partial charge on any atom is 0.331 e. The Hall–Kier alpha value is -2.94. The number of benzene rings is 2. The molecule has 10 heteroatoms. The van der Waals surface area contributed by atoms with Crippen LogP contribution in [0.1, 0.15) is 61.9 Å². The summed E-state index contributed by atoms with van der Waals surface area (Å²) in [5.41, 5.74) is 1.15. The van der Waals surface area contributed by atoms with Gasteiger partial charge in [0.25, 0.3) is 5.91 Å². The largest absolute Gasteiger partial charge is 0.490 e. The van der Waals surface area contributed by atoms with Crippen molar-refractivity contribution in [1.82, 2.24) is 4.98 Å². The summed E-state index contributed by atoms with van der Waals surface area (Å²) in [5, 5.41) is 13.9. The molecule has 196 valence electrons. The quantitative estimate of drug-likeness (QED) is 0.170. The molecule has 0 spiro atoms. The van der Waals surface area contributed by atoms with Crippen LogP contribution in [0, 0.1) is 5.82 Å². The number of ether oxygens (including phenoxy) is 1. The first kappa shape index (κ1) is 28.6. The SMILES string of the molecule is CCCCCCCOc1cccc(-c2csc(NC(=O)c3cc(Cl)c(/C=C(\C)C(=O)O)c(Cl)c3)n2)c1F. The molecule has 0 saturated carbocycles. The zero-order valence-corrected chi connectivity index (χ0v) is 22.8. The van der Waals surface area contributed by atoms with Gasteiger partial charge in [-0.15, -0.1) is 11.3 Å². The number of anilines is 1. The Morgan fingerprint density at radius 2 is 1.86 bits per heavy atom. The first-order chi connectivity index (χ1) is 17.7. The predicted molar refractivity (Wildman–Crippen MR) is 147 cm³/mol. The van der Waals surface area contributed by atoms with E-state index in [2.05, 4.69) is 17.2 Å². The van der Waals surface area contributed by atoms with E-state index >= 15 is 4.39 Å².